The highest BCUT2D eigenvalue weighted by atomic mass is 16.6. The fourth-order valence-electron chi connectivity index (χ4n) is 2.68. The van der Waals surface area contributed by atoms with E-state index in [4.69, 9.17) is 14.2 Å². The molecular formula is C19H34N2O6. The van der Waals surface area contributed by atoms with E-state index in [1.54, 1.807) is 0 Å². The van der Waals surface area contributed by atoms with E-state index in [9.17, 15) is 14.4 Å². The highest BCUT2D eigenvalue weighted by Crippen LogP contribution is 2.24. The van der Waals surface area contributed by atoms with E-state index in [1.165, 1.54) is 4.90 Å². The first-order chi connectivity index (χ1) is 13.0. The Bertz CT molecular complexity index is 461. The van der Waals surface area contributed by atoms with Crippen LogP contribution in [0.3, 0.4) is 0 Å². The van der Waals surface area contributed by atoms with E-state index >= 15 is 0 Å². The maximum Gasteiger partial charge on any atom is 0.411 e. The molecule has 8 nitrogen and oxygen atoms in total. The van der Waals surface area contributed by atoms with Gasteiger partial charge in [-0.25, -0.2) is 14.4 Å². The van der Waals surface area contributed by atoms with Crippen LogP contribution in [0.25, 0.3) is 0 Å². The van der Waals surface area contributed by atoms with Gasteiger partial charge in [-0.2, -0.15) is 0 Å². The third kappa shape index (κ3) is 6.37. The van der Waals surface area contributed by atoms with E-state index in [0.717, 1.165) is 19.3 Å². The van der Waals surface area contributed by atoms with Crippen molar-refractivity contribution in [2.75, 3.05) is 39.5 Å². The minimum Gasteiger partial charge on any atom is -0.463 e. The van der Waals surface area contributed by atoms with Gasteiger partial charge in [-0.3, -0.25) is 4.90 Å². The monoisotopic (exact) mass is 386 g/mol. The lowest BCUT2D eigenvalue weighted by molar-refractivity contribution is -0.175. The number of carbonyl (C=O) groups is 3. The van der Waals surface area contributed by atoms with Crippen LogP contribution < -0.4 is 5.32 Å². The molecule has 1 N–H and O–H groups in total. The summed E-state index contributed by atoms with van der Waals surface area (Å²) in [5.74, 6) is -1.53. The second-order valence-corrected chi connectivity index (χ2v) is 6.64. The Morgan fingerprint density at radius 3 is 1.81 bits per heavy atom. The third-order valence-corrected chi connectivity index (χ3v) is 4.44. The Hall–Kier alpha value is -1.83. The van der Waals surface area contributed by atoms with Crippen LogP contribution in [0.2, 0.25) is 0 Å². The topological polar surface area (TPSA) is 94.2 Å². The van der Waals surface area contributed by atoms with Crippen LogP contribution in [0.15, 0.2) is 0 Å². The van der Waals surface area contributed by atoms with Crippen molar-refractivity contribution >= 4 is 18.0 Å². The minimum absolute atomic E-state index is 0.0498. The van der Waals surface area contributed by atoms with Gasteiger partial charge in [-0.15, -0.1) is 0 Å². The molecule has 156 valence electrons. The first kappa shape index (κ1) is 23.2. The summed E-state index contributed by atoms with van der Waals surface area (Å²) in [6, 6.07) is 0. The fourth-order valence-corrected chi connectivity index (χ4v) is 2.68. The van der Waals surface area contributed by atoms with E-state index in [0.29, 0.717) is 25.8 Å². The summed E-state index contributed by atoms with van der Waals surface area (Å²) >= 11 is 0. The Kier molecular flexibility index (Phi) is 10.8. The first-order valence-electron chi connectivity index (χ1n) is 10.0. The highest BCUT2D eigenvalue weighted by Gasteiger charge is 2.57. The number of ether oxygens (including phenoxy) is 3. The average Bonchev–Trinajstić information content (AvgIpc) is 2.68. The summed E-state index contributed by atoms with van der Waals surface area (Å²) in [7, 11) is 0. The third-order valence-electron chi connectivity index (χ3n) is 4.44. The summed E-state index contributed by atoms with van der Waals surface area (Å²) < 4.78 is 15.9. The SMILES string of the molecule is CCCCOC(=O)N1CCNCC1(C(=O)OCCCC)C(=O)OCCCC. The zero-order valence-corrected chi connectivity index (χ0v) is 16.9. The number of hydrogen-bond donors (Lipinski definition) is 1. The molecule has 0 aromatic rings. The van der Waals surface area contributed by atoms with Crippen molar-refractivity contribution in [3.8, 4) is 0 Å². The van der Waals surface area contributed by atoms with Crippen molar-refractivity contribution in [1.29, 1.82) is 0 Å². The number of unbranched alkanes of at least 4 members (excludes halogenated alkanes) is 3. The lowest BCUT2D eigenvalue weighted by Gasteiger charge is -2.42. The maximum atomic E-state index is 12.9. The number of amides is 1. The van der Waals surface area contributed by atoms with Crippen molar-refractivity contribution in [2.45, 2.75) is 64.8 Å². The lowest BCUT2D eigenvalue weighted by Crippen LogP contribution is -2.71. The van der Waals surface area contributed by atoms with Crippen molar-refractivity contribution in [2.24, 2.45) is 0 Å². The molecule has 1 aliphatic rings. The summed E-state index contributed by atoms with van der Waals surface area (Å²) in [4.78, 5) is 39.6. The van der Waals surface area contributed by atoms with Gasteiger partial charge in [0.05, 0.1) is 19.8 Å². The molecule has 0 aromatic heterocycles. The van der Waals surface area contributed by atoms with Crippen molar-refractivity contribution in [3.63, 3.8) is 0 Å². The molecule has 0 aliphatic carbocycles. The predicted octanol–water partition coefficient (Wildman–Crippen LogP) is 2.25. The van der Waals surface area contributed by atoms with E-state index in [-0.39, 0.29) is 32.9 Å². The zero-order chi connectivity index (χ0) is 20.1. The van der Waals surface area contributed by atoms with Crippen molar-refractivity contribution in [1.82, 2.24) is 10.2 Å². The van der Waals surface area contributed by atoms with Gasteiger partial charge in [0.2, 0.25) is 0 Å². The number of rotatable bonds is 11. The van der Waals surface area contributed by atoms with Crippen molar-refractivity contribution in [3.05, 3.63) is 0 Å². The van der Waals surface area contributed by atoms with Crippen LogP contribution in [-0.2, 0) is 23.8 Å². The minimum atomic E-state index is -1.84. The first-order valence-corrected chi connectivity index (χ1v) is 10.0. The quantitative estimate of drug-likeness (QED) is 0.252. The molecule has 1 aliphatic heterocycles. The molecule has 0 unspecified atom stereocenters. The van der Waals surface area contributed by atoms with Gasteiger partial charge in [0.1, 0.15) is 0 Å². The van der Waals surface area contributed by atoms with Crippen LogP contribution in [0, 0.1) is 0 Å². The molecule has 1 heterocycles. The second-order valence-electron chi connectivity index (χ2n) is 6.64. The smallest absolute Gasteiger partial charge is 0.411 e. The molecule has 0 bridgehead atoms. The second kappa shape index (κ2) is 12.5. The maximum absolute atomic E-state index is 12.9. The molecule has 0 aromatic carbocycles. The Morgan fingerprint density at radius 1 is 0.852 bits per heavy atom. The highest BCUT2D eigenvalue weighted by molar-refractivity contribution is 6.07. The number of carbonyl (C=O) groups excluding carboxylic acids is 3. The van der Waals surface area contributed by atoms with Crippen LogP contribution >= 0.6 is 0 Å². The fraction of sp³-hybridized carbons (Fsp3) is 0.842. The number of nitrogens with zero attached hydrogens (tertiary/aromatic N) is 1. The number of piperazine rings is 1. The molecule has 1 fully saturated rings. The molecule has 0 radical (unpaired) electrons. The Morgan fingerprint density at radius 2 is 1.33 bits per heavy atom. The molecule has 8 heteroatoms. The molecule has 1 amide bonds. The lowest BCUT2D eigenvalue weighted by atomic mass is 9.95. The number of nitrogens with one attached hydrogen (secondary N) is 1. The van der Waals surface area contributed by atoms with Gasteiger partial charge in [-0.05, 0) is 19.3 Å². The van der Waals surface area contributed by atoms with Gasteiger partial charge < -0.3 is 19.5 Å². The molecule has 0 spiro atoms. The van der Waals surface area contributed by atoms with Crippen LogP contribution in [0.1, 0.15) is 59.3 Å². The summed E-state index contributed by atoms with van der Waals surface area (Å²) in [5.41, 5.74) is -1.84. The molecule has 1 rings (SSSR count). The summed E-state index contributed by atoms with van der Waals surface area (Å²) in [6.45, 7) is 7.13. The van der Waals surface area contributed by atoms with Gasteiger partial charge in [0, 0.05) is 19.6 Å². The summed E-state index contributed by atoms with van der Waals surface area (Å²) in [5, 5.41) is 3.02. The molecule has 0 atom stereocenters. The number of esters is 2. The predicted molar refractivity (Wildman–Crippen MR) is 100 cm³/mol. The standard InChI is InChI=1S/C19H34N2O6/c1-4-7-12-25-16(22)19(17(23)26-13-8-5-2)15-20-10-11-21(19)18(24)27-14-9-6-3/h20H,4-15H2,1-3H3. The van der Waals surface area contributed by atoms with Gasteiger partial charge in [-0.1, -0.05) is 40.0 Å². The largest absolute Gasteiger partial charge is 0.463 e. The van der Waals surface area contributed by atoms with Crippen LogP contribution in [0.5, 0.6) is 0 Å². The Balaban J connectivity index is 3.03. The van der Waals surface area contributed by atoms with Gasteiger partial charge in [0.15, 0.2) is 0 Å². The summed E-state index contributed by atoms with van der Waals surface area (Å²) in [6.07, 6.45) is 3.96. The zero-order valence-electron chi connectivity index (χ0n) is 16.9. The van der Waals surface area contributed by atoms with Crippen LogP contribution in [-0.4, -0.2) is 67.9 Å². The molecular weight excluding hydrogens is 352 g/mol. The van der Waals surface area contributed by atoms with Gasteiger partial charge >= 0.3 is 18.0 Å². The molecule has 27 heavy (non-hydrogen) atoms. The van der Waals surface area contributed by atoms with Crippen LogP contribution in [0.4, 0.5) is 4.79 Å². The normalized spacial score (nSPS) is 15.9. The average molecular weight is 386 g/mol. The van der Waals surface area contributed by atoms with E-state index < -0.39 is 23.6 Å². The Labute approximate surface area is 161 Å². The van der Waals surface area contributed by atoms with E-state index in [1.807, 2.05) is 20.8 Å². The van der Waals surface area contributed by atoms with Crippen molar-refractivity contribution < 1.29 is 28.6 Å². The van der Waals surface area contributed by atoms with Gasteiger partial charge in [0.25, 0.3) is 5.54 Å². The molecule has 1 saturated heterocycles. The molecule has 0 saturated carbocycles. The number of hydrogen-bond acceptors (Lipinski definition) is 7. The van der Waals surface area contributed by atoms with E-state index in [2.05, 4.69) is 5.32 Å².